The third-order valence-electron chi connectivity index (χ3n) is 3.03. The predicted molar refractivity (Wildman–Crippen MR) is 88.0 cm³/mol. The van der Waals surface area contributed by atoms with E-state index in [-0.39, 0.29) is 10.8 Å². The van der Waals surface area contributed by atoms with Crippen LogP contribution in [0.3, 0.4) is 0 Å². The van der Waals surface area contributed by atoms with Crippen LogP contribution in [-0.4, -0.2) is 20.9 Å². The van der Waals surface area contributed by atoms with E-state index in [2.05, 4.69) is 5.32 Å². The number of ether oxygens (including phenoxy) is 1. The molecule has 0 spiro atoms. The fraction of sp³-hybridized carbons (Fsp3) is 0.188. The molecule has 0 unspecified atom stereocenters. The molecule has 0 aliphatic heterocycles. The highest BCUT2D eigenvalue weighted by Crippen LogP contribution is 2.20. The van der Waals surface area contributed by atoms with Gasteiger partial charge in [-0.05, 0) is 42.8 Å². The van der Waals surface area contributed by atoms with Gasteiger partial charge in [-0.1, -0.05) is 19.1 Å². The van der Waals surface area contributed by atoms with Gasteiger partial charge >= 0.3 is 0 Å². The molecule has 2 rings (SSSR count). The molecule has 2 aromatic rings. The van der Waals surface area contributed by atoms with Crippen molar-refractivity contribution in [3.05, 3.63) is 54.1 Å². The summed E-state index contributed by atoms with van der Waals surface area (Å²) in [6.07, 6.45) is 0.838. The standard InChI is InChI=1S/C16H18N2O4S/c1-2-11-22-15-6-4-3-5-14(15)16(19)18-12-7-9-13(10-8-12)23(17,20)21/h3-10H,2,11H2,1H3,(H,18,19)(H2,17,20,21). The van der Waals surface area contributed by atoms with Crippen LogP contribution in [0.4, 0.5) is 5.69 Å². The highest BCUT2D eigenvalue weighted by Gasteiger charge is 2.13. The van der Waals surface area contributed by atoms with Crippen LogP contribution in [0.1, 0.15) is 23.7 Å². The second kappa shape index (κ2) is 7.26. The second-order valence-electron chi connectivity index (χ2n) is 4.87. The van der Waals surface area contributed by atoms with Crippen LogP contribution < -0.4 is 15.2 Å². The van der Waals surface area contributed by atoms with Crippen LogP contribution in [0.25, 0.3) is 0 Å². The molecule has 122 valence electrons. The average molecular weight is 334 g/mol. The Labute approximate surface area is 135 Å². The molecule has 0 aromatic heterocycles. The van der Waals surface area contributed by atoms with Gasteiger partial charge in [-0.25, -0.2) is 13.6 Å². The third kappa shape index (κ3) is 4.54. The summed E-state index contributed by atoms with van der Waals surface area (Å²) in [5, 5.41) is 7.73. The van der Waals surface area contributed by atoms with E-state index in [1.807, 2.05) is 6.92 Å². The van der Waals surface area contributed by atoms with Crippen molar-refractivity contribution in [3.8, 4) is 5.75 Å². The first-order chi connectivity index (χ1) is 10.9. The summed E-state index contributed by atoms with van der Waals surface area (Å²) >= 11 is 0. The van der Waals surface area contributed by atoms with Crippen LogP contribution in [-0.2, 0) is 10.0 Å². The number of nitrogens with one attached hydrogen (secondary N) is 1. The maximum Gasteiger partial charge on any atom is 0.259 e. The SMILES string of the molecule is CCCOc1ccccc1C(=O)Nc1ccc(S(N)(=O)=O)cc1. The van der Waals surface area contributed by atoms with Gasteiger partial charge in [0, 0.05) is 5.69 Å². The van der Waals surface area contributed by atoms with E-state index >= 15 is 0 Å². The van der Waals surface area contributed by atoms with Gasteiger partial charge in [-0.15, -0.1) is 0 Å². The molecule has 0 atom stereocenters. The van der Waals surface area contributed by atoms with Crippen molar-refractivity contribution in [2.45, 2.75) is 18.2 Å². The van der Waals surface area contributed by atoms with Crippen molar-refractivity contribution in [3.63, 3.8) is 0 Å². The summed E-state index contributed by atoms with van der Waals surface area (Å²) < 4.78 is 28.0. The number of rotatable bonds is 6. The molecule has 0 heterocycles. The maximum absolute atomic E-state index is 12.3. The number of carbonyl (C=O) groups is 1. The van der Waals surface area contributed by atoms with E-state index in [0.29, 0.717) is 23.6 Å². The first-order valence-corrected chi connectivity index (χ1v) is 8.62. The van der Waals surface area contributed by atoms with Crippen LogP contribution >= 0.6 is 0 Å². The predicted octanol–water partition coefficient (Wildman–Crippen LogP) is 2.38. The van der Waals surface area contributed by atoms with Crippen molar-refractivity contribution in [1.29, 1.82) is 0 Å². The maximum atomic E-state index is 12.3. The van der Waals surface area contributed by atoms with E-state index < -0.39 is 10.0 Å². The number of hydrogen-bond donors (Lipinski definition) is 2. The molecule has 6 nitrogen and oxygen atoms in total. The summed E-state index contributed by atoms with van der Waals surface area (Å²) in [4.78, 5) is 12.3. The quantitative estimate of drug-likeness (QED) is 0.847. The normalized spacial score (nSPS) is 11.0. The number of nitrogens with two attached hydrogens (primary N) is 1. The lowest BCUT2D eigenvalue weighted by atomic mass is 10.2. The molecule has 0 radical (unpaired) electrons. The molecule has 7 heteroatoms. The summed E-state index contributed by atoms with van der Waals surface area (Å²) in [6.45, 7) is 2.50. The van der Waals surface area contributed by atoms with Gasteiger partial charge < -0.3 is 10.1 Å². The van der Waals surface area contributed by atoms with E-state index in [1.54, 1.807) is 24.3 Å². The zero-order chi connectivity index (χ0) is 16.9. The van der Waals surface area contributed by atoms with Crippen molar-refractivity contribution in [2.75, 3.05) is 11.9 Å². The lowest BCUT2D eigenvalue weighted by molar-refractivity contribution is 0.102. The van der Waals surface area contributed by atoms with E-state index in [1.165, 1.54) is 24.3 Å². The largest absolute Gasteiger partial charge is 0.493 e. The number of amides is 1. The molecule has 1 amide bonds. The summed E-state index contributed by atoms with van der Waals surface area (Å²) in [6, 6.07) is 12.6. The molecule has 0 aliphatic rings. The van der Waals surface area contributed by atoms with Crippen molar-refractivity contribution < 1.29 is 17.9 Å². The lowest BCUT2D eigenvalue weighted by Gasteiger charge is -2.11. The zero-order valence-electron chi connectivity index (χ0n) is 12.7. The Bertz CT molecular complexity index is 786. The Kier molecular flexibility index (Phi) is 5.36. The average Bonchev–Trinajstić information content (AvgIpc) is 2.53. The van der Waals surface area contributed by atoms with E-state index in [4.69, 9.17) is 9.88 Å². The van der Waals surface area contributed by atoms with E-state index in [9.17, 15) is 13.2 Å². The Balaban J connectivity index is 2.16. The lowest BCUT2D eigenvalue weighted by Crippen LogP contribution is -2.15. The first-order valence-electron chi connectivity index (χ1n) is 7.08. The number of benzene rings is 2. The molecule has 0 aliphatic carbocycles. The zero-order valence-corrected chi connectivity index (χ0v) is 13.5. The second-order valence-corrected chi connectivity index (χ2v) is 6.43. The number of para-hydroxylation sites is 1. The number of hydrogen-bond acceptors (Lipinski definition) is 4. The fourth-order valence-electron chi connectivity index (χ4n) is 1.92. The Morgan fingerprint density at radius 1 is 1.13 bits per heavy atom. The first kappa shape index (κ1) is 17.0. The Morgan fingerprint density at radius 2 is 1.78 bits per heavy atom. The van der Waals surface area contributed by atoms with Gasteiger partial charge in [0.15, 0.2) is 0 Å². The smallest absolute Gasteiger partial charge is 0.259 e. The van der Waals surface area contributed by atoms with Crippen LogP contribution in [0.15, 0.2) is 53.4 Å². The van der Waals surface area contributed by atoms with E-state index in [0.717, 1.165) is 6.42 Å². The van der Waals surface area contributed by atoms with Gasteiger partial charge in [0.1, 0.15) is 5.75 Å². The summed E-state index contributed by atoms with van der Waals surface area (Å²) in [5.74, 6) is 0.174. The Morgan fingerprint density at radius 3 is 2.39 bits per heavy atom. The fourth-order valence-corrected chi connectivity index (χ4v) is 2.43. The monoisotopic (exact) mass is 334 g/mol. The van der Waals surface area contributed by atoms with Crippen molar-refractivity contribution in [2.24, 2.45) is 5.14 Å². The summed E-state index contributed by atoms with van der Waals surface area (Å²) in [5.41, 5.74) is 0.879. The molecule has 0 saturated heterocycles. The molecule has 2 aromatic carbocycles. The van der Waals surface area contributed by atoms with Crippen molar-refractivity contribution >= 4 is 21.6 Å². The minimum absolute atomic E-state index is 0.0119. The molecular weight excluding hydrogens is 316 g/mol. The van der Waals surface area contributed by atoms with Crippen LogP contribution in [0.2, 0.25) is 0 Å². The van der Waals surface area contributed by atoms with Gasteiger partial charge in [0.25, 0.3) is 5.91 Å². The van der Waals surface area contributed by atoms with Gasteiger partial charge in [-0.3, -0.25) is 4.79 Å². The van der Waals surface area contributed by atoms with Gasteiger partial charge in [0.2, 0.25) is 10.0 Å². The van der Waals surface area contributed by atoms with Gasteiger partial charge in [0.05, 0.1) is 17.1 Å². The van der Waals surface area contributed by atoms with Crippen molar-refractivity contribution in [1.82, 2.24) is 0 Å². The molecule has 0 saturated carbocycles. The molecule has 0 bridgehead atoms. The number of anilines is 1. The molecule has 23 heavy (non-hydrogen) atoms. The molecule has 0 fully saturated rings. The Hall–Kier alpha value is -2.38. The number of sulfonamides is 1. The number of carbonyl (C=O) groups excluding carboxylic acids is 1. The topological polar surface area (TPSA) is 98.5 Å². The van der Waals surface area contributed by atoms with Crippen LogP contribution in [0, 0.1) is 0 Å². The minimum Gasteiger partial charge on any atom is -0.493 e. The third-order valence-corrected chi connectivity index (χ3v) is 3.96. The molecule has 3 N–H and O–H groups in total. The van der Waals surface area contributed by atoms with Crippen LogP contribution in [0.5, 0.6) is 5.75 Å². The molecular formula is C16H18N2O4S. The minimum atomic E-state index is -3.75. The number of primary sulfonamides is 1. The van der Waals surface area contributed by atoms with Gasteiger partial charge in [-0.2, -0.15) is 0 Å². The highest BCUT2D eigenvalue weighted by molar-refractivity contribution is 7.89. The summed E-state index contributed by atoms with van der Waals surface area (Å²) in [7, 11) is -3.75. The highest BCUT2D eigenvalue weighted by atomic mass is 32.2.